The Morgan fingerprint density at radius 3 is 2.07 bits per heavy atom. The maximum atomic E-state index is 10.7. The minimum absolute atomic E-state index is 0. The number of ether oxygens (including phenoxy) is 1. The van der Waals surface area contributed by atoms with Crippen LogP contribution in [0.25, 0.3) is 0 Å². The molecule has 1 N–H and O–H groups in total. The molecule has 0 aliphatic rings. The summed E-state index contributed by atoms with van der Waals surface area (Å²) in [6.45, 7) is 0. The van der Waals surface area contributed by atoms with Gasteiger partial charge in [0.1, 0.15) is 5.56 Å². The van der Waals surface area contributed by atoms with Crippen LogP contribution in [0.4, 0.5) is 0 Å². The third-order valence-electron chi connectivity index (χ3n) is 1.48. The van der Waals surface area contributed by atoms with Crippen LogP contribution in [0.1, 0.15) is 10.4 Å². The summed E-state index contributed by atoms with van der Waals surface area (Å²) in [7, 11) is 1.34. The first-order valence-electron chi connectivity index (χ1n) is 3.33. The molecule has 0 saturated heterocycles. The summed E-state index contributed by atoms with van der Waals surface area (Å²) in [5.74, 6) is -1.08. The van der Waals surface area contributed by atoms with Crippen molar-refractivity contribution in [2.45, 2.75) is 0 Å². The van der Waals surface area contributed by atoms with Crippen LogP contribution < -0.4 is 4.74 Å². The van der Waals surface area contributed by atoms with Crippen molar-refractivity contribution in [2.75, 3.05) is 7.11 Å². The largest absolute Gasteiger partial charge is 0.494 e. The molecular weight excluding hydrogens is 431 g/mol. The first-order valence-corrected chi connectivity index (χ1v) is 4.08. The number of aromatic carboxylic acids is 1. The van der Waals surface area contributed by atoms with Gasteiger partial charge in [0.25, 0.3) is 0 Å². The molecule has 0 heterocycles. The standard InChI is InChI=1S/C8H6Cl2O3.2Ag/c1-13-7-5(10)3-2-4(9)6(7)8(11)12;;/h2-3H,1H3,(H,11,12);;. The van der Waals surface area contributed by atoms with E-state index < -0.39 is 5.97 Å². The molecular formula is C8H6Ag2Cl2O3. The third-order valence-corrected chi connectivity index (χ3v) is 2.09. The predicted octanol–water partition coefficient (Wildman–Crippen LogP) is 2.70. The Balaban J connectivity index is 0. The van der Waals surface area contributed by atoms with Gasteiger partial charge in [-0.15, -0.1) is 0 Å². The Morgan fingerprint density at radius 1 is 1.27 bits per heavy atom. The van der Waals surface area contributed by atoms with E-state index in [1.807, 2.05) is 0 Å². The molecule has 92 valence electrons. The number of hydrogen-bond donors (Lipinski definition) is 1. The van der Waals surface area contributed by atoms with Crippen molar-refractivity contribution in [1.29, 1.82) is 0 Å². The van der Waals surface area contributed by atoms with E-state index in [0.29, 0.717) is 0 Å². The van der Waals surface area contributed by atoms with E-state index in [2.05, 4.69) is 0 Å². The fourth-order valence-electron chi connectivity index (χ4n) is 0.932. The summed E-state index contributed by atoms with van der Waals surface area (Å²) in [5.41, 5.74) is -0.114. The van der Waals surface area contributed by atoms with Crippen molar-refractivity contribution < 1.29 is 59.4 Å². The van der Waals surface area contributed by atoms with Crippen LogP contribution >= 0.6 is 23.2 Å². The smallest absolute Gasteiger partial charge is 0.341 e. The first-order chi connectivity index (χ1) is 6.07. The number of carboxylic acids is 1. The molecule has 0 saturated carbocycles. The van der Waals surface area contributed by atoms with Crippen molar-refractivity contribution in [1.82, 2.24) is 0 Å². The Kier molecular flexibility index (Phi) is 9.28. The molecule has 0 fully saturated rings. The maximum Gasteiger partial charge on any atom is 0.341 e. The molecule has 0 aromatic heterocycles. The van der Waals surface area contributed by atoms with Gasteiger partial charge in [0.05, 0.1) is 17.2 Å². The van der Waals surface area contributed by atoms with Crippen molar-refractivity contribution in [3.8, 4) is 5.75 Å². The molecule has 2 radical (unpaired) electrons. The average molecular weight is 437 g/mol. The van der Waals surface area contributed by atoms with Gasteiger partial charge in [0.15, 0.2) is 5.75 Å². The van der Waals surface area contributed by atoms with Crippen molar-refractivity contribution in [2.24, 2.45) is 0 Å². The van der Waals surface area contributed by atoms with Crippen LogP contribution in [0, 0.1) is 0 Å². The fourth-order valence-corrected chi connectivity index (χ4v) is 1.40. The van der Waals surface area contributed by atoms with Gasteiger partial charge in [-0.2, -0.15) is 0 Å². The SMILES string of the molecule is COc1c(Cl)ccc(Cl)c1C(=O)O.[Ag].[Ag]. The topological polar surface area (TPSA) is 46.5 Å². The van der Waals surface area contributed by atoms with Gasteiger partial charge in [-0.05, 0) is 12.1 Å². The van der Waals surface area contributed by atoms with Crippen LogP contribution in [0.2, 0.25) is 10.0 Å². The molecule has 0 unspecified atom stereocenters. The second-order valence-electron chi connectivity index (χ2n) is 2.24. The second-order valence-corrected chi connectivity index (χ2v) is 3.06. The Hall–Kier alpha value is 0.551. The van der Waals surface area contributed by atoms with Gasteiger partial charge >= 0.3 is 5.97 Å². The first kappa shape index (κ1) is 17.9. The van der Waals surface area contributed by atoms with E-state index in [1.165, 1.54) is 19.2 Å². The van der Waals surface area contributed by atoms with E-state index in [0.717, 1.165) is 0 Å². The van der Waals surface area contributed by atoms with Crippen molar-refractivity contribution in [3.05, 3.63) is 27.7 Å². The van der Waals surface area contributed by atoms with Crippen LogP contribution in [-0.4, -0.2) is 18.2 Å². The summed E-state index contributed by atoms with van der Waals surface area (Å²) in [4.78, 5) is 10.7. The van der Waals surface area contributed by atoms with Crippen molar-refractivity contribution >= 4 is 29.2 Å². The Morgan fingerprint density at radius 2 is 1.73 bits per heavy atom. The molecule has 0 aliphatic heterocycles. The molecule has 0 spiro atoms. The molecule has 0 atom stereocenters. The zero-order chi connectivity index (χ0) is 10.0. The number of benzene rings is 1. The van der Waals surface area contributed by atoms with Crippen LogP contribution in [0.3, 0.4) is 0 Å². The molecule has 7 heteroatoms. The fraction of sp³-hybridized carbons (Fsp3) is 0.125. The summed E-state index contributed by atoms with van der Waals surface area (Å²) < 4.78 is 4.82. The van der Waals surface area contributed by atoms with Gasteiger partial charge in [0.2, 0.25) is 0 Å². The molecule has 3 nitrogen and oxygen atoms in total. The molecule has 15 heavy (non-hydrogen) atoms. The number of methoxy groups -OCH3 is 1. The van der Waals surface area contributed by atoms with Gasteiger partial charge in [-0.1, -0.05) is 23.2 Å². The van der Waals surface area contributed by atoms with Gasteiger partial charge in [-0.3, -0.25) is 0 Å². The summed E-state index contributed by atoms with van der Waals surface area (Å²) >= 11 is 11.4. The number of carbonyl (C=O) groups is 1. The second kappa shape index (κ2) is 7.76. The van der Waals surface area contributed by atoms with E-state index >= 15 is 0 Å². The number of rotatable bonds is 2. The Labute approximate surface area is 128 Å². The number of halogens is 2. The molecule has 0 bridgehead atoms. The third kappa shape index (κ3) is 4.13. The van der Waals surface area contributed by atoms with E-state index in [4.69, 9.17) is 33.0 Å². The van der Waals surface area contributed by atoms with E-state index in [9.17, 15) is 4.79 Å². The van der Waals surface area contributed by atoms with Gasteiger partial charge in [0, 0.05) is 44.8 Å². The molecule has 0 amide bonds. The quantitative estimate of drug-likeness (QED) is 0.725. The molecule has 1 aromatic rings. The summed E-state index contributed by atoms with van der Waals surface area (Å²) in [6.07, 6.45) is 0. The zero-order valence-corrected chi connectivity index (χ0v) is 11.8. The summed E-state index contributed by atoms with van der Waals surface area (Å²) in [5, 5.41) is 9.11. The van der Waals surface area contributed by atoms with Crippen LogP contribution in [-0.2, 0) is 44.8 Å². The summed E-state index contributed by atoms with van der Waals surface area (Å²) in [6, 6.07) is 2.89. The Bertz CT molecular complexity index is 358. The predicted molar refractivity (Wildman–Crippen MR) is 50.0 cm³/mol. The molecule has 1 aromatic carbocycles. The van der Waals surface area contributed by atoms with Crippen LogP contribution in [0.5, 0.6) is 5.75 Å². The number of carboxylic acid groups (broad SMARTS) is 1. The normalized spacial score (nSPS) is 8.47. The number of hydrogen-bond acceptors (Lipinski definition) is 2. The zero-order valence-electron chi connectivity index (χ0n) is 7.28. The molecule has 0 aliphatic carbocycles. The molecule has 1 rings (SSSR count). The van der Waals surface area contributed by atoms with Gasteiger partial charge < -0.3 is 9.84 Å². The minimum Gasteiger partial charge on any atom is -0.494 e. The van der Waals surface area contributed by atoms with Crippen LogP contribution in [0.15, 0.2) is 12.1 Å². The maximum absolute atomic E-state index is 10.7. The minimum atomic E-state index is -1.16. The average Bonchev–Trinajstić information content (AvgIpc) is 2.07. The van der Waals surface area contributed by atoms with Gasteiger partial charge in [-0.25, -0.2) is 4.79 Å². The van der Waals surface area contributed by atoms with Crippen molar-refractivity contribution in [3.63, 3.8) is 0 Å². The van der Waals surface area contributed by atoms with E-state index in [-0.39, 0.29) is 66.1 Å². The van der Waals surface area contributed by atoms with E-state index in [1.54, 1.807) is 0 Å². The monoisotopic (exact) mass is 434 g/mol.